The van der Waals surface area contributed by atoms with Crippen molar-refractivity contribution >= 4 is 39.1 Å². The Balaban J connectivity index is 2.08. The quantitative estimate of drug-likeness (QED) is 0.303. The maximum absolute atomic E-state index is 14.1. The number of hydrogen-bond acceptors (Lipinski definition) is 5. The van der Waals surface area contributed by atoms with Gasteiger partial charge in [-0.05, 0) is 74.2 Å². The number of carbonyl (C=O) groups is 2. The molecule has 3 aromatic carbocycles. The van der Waals surface area contributed by atoms with E-state index in [9.17, 15) is 18.0 Å². The van der Waals surface area contributed by atoms with Crippen LogP contribution in [0.1, 0.15) is 37.5 Å². The van der Waals surface area contributed by atoms with Gasteiger partial charge in [-0.15, -0.1) is 0 Å². The van der Waals surface area contributed by atoms with Crippen molar-refractivity contribution in [3.05, 3.63) is 88.4 Å². The Kier molecular flexibility index (Phi) is 10.8. The number of nitrogens with one attached hydrogen (secondary N) is 1. The number of methoxy groups -OCH3 is 1. The van der Waals surface area contributed by atoms with Gasteiger partial charge in [0.2, 0.25) is 11.8 Å². The summed E-state index contributed by atoms with van der Waals surface area (Å²) >= 11 is 6.06. The number of hydrogen-bond donors (Lipinski definition) is 1. The Bertz CT molecular complexity index is 1460. The summed E-state index contributed by atoms with van der Waals surface area (Å²) in [5.41, 5.74) is 2.66. The normalized spacial score (nSPS) is 12.1. The van der Waals surface area contributed by atoms with Crippen molar-refractivity contribution in [3.63, 3.8) is 0 Å². The molecule has 220 valence electrons. The second kappa shape index (κ2) is 13.9. The standard InChI is InChI=1S/C31H38ClN3O5S/c1-21(2)18-33-31(37)24(5)34(19-25-10-12-26(32)13-11-25)30(36)20-35(28-17-23(4)9-16-29(28)40-6)41(38,39)27-14-7-22(3)8-15-27/h7-17,21,24H,18-20H2,1-6H3,(H,33,37)/t24-/m0/s1. The first-order valence-electron chi connectivity index (χ1n) is 13.4. The van der Waals surface area contributed by atoms with E-state index < -0.39 is 28.5 Å². The highest BCUT2D eigenvalue weighted by molar-refractivity contribution is 7.92. The largest absolute Gasteiger partial charge is 0.495 e. The molecule has 8 nitrogen and oxygen atoms in total. The fourth-order valence-electron chi connectivity index (χ4n) is 4.17. The Morgan fingerprint density at radius 2 is 1.54 bits per heavy atom. The van der Waals surface area contributed by atoms with Crippen molar-refractivity contribution in [2.45, 2.75) is 52.1 Å². The van der Waals surface area contributed by atoms with Gasteiger partial charge >= 0.3 is 0 Å². The zero-order valence-corrected chi connectivity index (χ0v) is 25.9. The molecule has 1 N–H and O–H groups in total. The minimum atomic E-state index is -4.21. The molecule has 0 saturated heterocycles. The number of nitrogens with zero attached hydrogens (tertiary/aromatic N) is 2. The van der Waals surface area contributed by atoms with Crippen LogP contribution in [-0.2, 0) is 26.2 Å². The van der Waals surface area contributed by atoms with Gasteiger partial charge in [0.25, 0.3) is 10.0 Å². The van der Waals surface area contributed by atoms with E-state index in [1.54, 1.807) is 61.5 Å². The van der Waals surface area contributed by atoms with Gasteiger partial charge in [-0.2, -0.15) is 0 Å². The molecule has 0 fully saturated rings. The second-order valence-corrected chi connectivity index (χ2v) is 12.8. The van der Waals surface area contributed by atoms with E-state index >= 15 is 0 Å². The molecule has 0 spiro atoms. The molecule has 41 heavy (non-hydrogen) atoms. The molecule has 0 aliphatic heterocycles. The molecule has 0 unspecified atom stereocenters. The van der Waals surface area contributed by atoms with E-state index in [1.165, 1.54) is 24.1 Å². The lowest BCUT2D eigenvalue weighted by Crippen LogP contribution is -2.51. The first-order chi connectivity index (χ1) is 19.3. The van der Waals surface area contributed by atoms with E-state index in [1.807, 2.05) is 27.7 Å². The van der Waals surface area contributed by atoms with Gasteiger partial charge < -0.3 is 15.0 Å². The molecule has 0 aliphatic rings. The van der Waals surface area contributed by atoms with Gasteiger partial charge in [0.15, 0.2) is 0 Å². The molecule has 1 atom stereocenters. The molecule has 0 bridgehead atoms. The van der Waals surface area contributed by atoms with Crippen LogP contribution in [-0.4, -0.2) is 51.4 Å². The molecule has 10 heteroatoms. The molecular formula is C31H38ClN3O5S. The average molecular weight is 600 g/mol. The zero-order valence-electron chi connectivity index (χ0n) is 24.3. The lowest BCUT2D eigenvalue weighted by molar-refractivity contribution is -0.139. The van der Waals surface area contributed by atoms with E-state index in [4.69, 9.17) is 16.3 Å². The van der Waals surface area contributed by atoms with Crippen LogP contribution in [0.5, 0.6) is 5.75 Å². The Morgan fingerprint density at radius 1 is 0.927 bits per heavy atom. The number of amides is 2. The SMILES string of the molecule is COc1ccc(C)cc1N(CC(=O)N(Cc1ccc(Cl)cc1)[C@@H](C)C(=O)NCC(C)C)S(=O)(=O)c1ccc(C)cc1. The summed E-state index contributed by atoms with van der Waals surface area (Å²) in [4.78, 5) is 28.6. The Labute approximate surface area is 248 Å². The van der Waals surface area contributed by atoms with Gasteiger partial charge in [0.1, 0.15) is 18.3 Å². The van der Waals surface area contributed by atoms with Crippen molar-refractivity contribution in [1.29, 1.82) is 0 Å². The molecule has 0 saturated carbocycles. The molecule has 3 rings (SSSR count). The van der Waals surface area contributed by atoms with E-state index in [0.717, 1.165) is 21.0 Å². The summed E-state index contributed by atoms with van der Waals surface area (Å²) in [6.45, 7) is 9.25. The third kappa shape index (κ3) is 8.24. The van der Waals surface area contributed by atoms with Crippen molar-refractivity contribution in [3.8, 4) is 5.75 Å². The van der Waals surface area contributed by atoms with E-state index in [-0.39, 0.29) is 29.0 Å². The first kappa shape index (κ1) is 32.0. The number of sulfonamides is 1. The molecular weight excluding hydrogens is 562 g/mol. The van der Waals surface area contributed by atoms with Gasteiger partial charge in [-0.1, -0.05) is 61.3 Å². The number of halogens is 1. The third-order valence-electron chi connectivity index (χ3n) is 6.61. The van der Waals surface area contributed by atoms with Crippen LogP contribution in [0, 0.1) is 19.8 Å². The van der Waals surface area contributed by atoms with Crippen molar-refractivity contribution in [1.82, 2.24) is 10.2 Å². The fourth-order valence-corrected chi connectivity index (χ4v) is 5.71. The highest BCUT2D eigenvalue weighted by Crippen LogP contribution is 2.34. The maximum Gasteiger partial charge on any atom is 0.264 e. The lowest BCUT2D eigenvalue weighted by atomic mass is 10.1. The third-order valence-corrected chi connectivity index (χ3v) is 8.63. The number of carbonyl (C=O) groups excluding carboxylic acids is 2. The molecule has 0 radical (unpaired) electrons. The van der Waals surface area contributed by atoms with Crippen molar-refractivity contribution in [2.75, 3.05) is 24.5 Å². The van der Waals surface area contributed by atoms with Crippen molar-refractivity contribution < 1.29 is 22.7 Å². The van der Waals surface area contributed by atoms with Crippen LogP contribution in [0.2, 0.25) is 5.02 Å². The predicted octanol–water partition coefficient (Wildman–Crippen LogP) is 5.35. The maximum atomic E-state index is 14.1. The topological polar surface area (TPSA) is 96.0 Å². The predicted molar refractivity (Wildman–Crippen MR) is 163 cm³/mol. The van der Waals surface area contributed by atoms with Crippen LogP contribution < -0.4 is 14.4 Å². The minimum Gasteiger partial charge on any atom is -0.495 e. The van der Waals surface area contributed by atoms with Crippen LogP contribution in [0.3, 0.4) is 0 Å². The van der Waals surface area contributed by atoms with E-state index in [2.05, 4.69) is 5.32 Å². The number of ether oxygens (including phenoxy) is 1. The van der Waals surface area contributed by atoms with Crippen molar-refractivity contribution in [2.24, 2.45) is 5.92 Å². The van der Waals surface area contributed by atoms with Gasteiger partial charge in [0.05, 0.1) is 17.7 Å². The first-order valence-corrected chi connectivity index (χ1v) is 15.2. The van der Waals surface area contributed by atoms with Crippen LogP contribution in [0.4, 0.5) is 5.69 Å². The summed E-state index contributed by atoms with van der Waals surface area (Å²) in [5.74, 6) is -0.366. The number of rotatable bonds is 12. The highest BCUT2D eigenvalue weighted by atomic mass is 35.5. The van der Waals surface area contributed by atoms with Crippen LogP contribution >= 0.6 is 11.6 Å². The molecule has 3 aromatic rings. The smallest absolute Gasteiger partial charge is 0.264 e. The zero-order chi connectivity index (χ0) is 30.3. The van der Waals surface area contributed by atoms with Crippen LogP contribution in [0.25, 0.3) is 0 Å². The number of aryl methyl sites for hydroxylation is 2. The Morgan fingerprint density at radius 3 is 2.12 bits per heavy atom. The Hall–Kier alpha value is -3.56. The van der Waals surface area contributed by atoms with Gasteiger partial charge in [0, 0.05) is 18.1 Å². The fraction of sp³-hybridized carbons (Fsp3) is 0.355. The molecule has 2 amide bonds. The molecule has 0 aromatic heterocycles. The lowest BCUT2D eigenvalue weighted by Gasteiger charge is -2.32. The van der Waals surface area contributed by atoms with Gasteiger partial charge in [-0.25, -0.2) is 8.42 Å². The molecule has 0 aliphatic carbocycles. The highest BCUT2D eigenvalue weighted by Gasteiger charge is 2.34. The number of anilines is 1. The summed E-state index contributed by atoms with van der Waals surface area (Å²) in [5, 5.41) is 3.42. The summed E-state index contributed by atoms with van der Waals surface area (Å²) in [6, 6.07) is 17.6. The minimum absolute atomic E-state index is 0.0337. The van der Waals surface area contributed by atoms with Gasteiger partial charge in [-0.3, -0.25) is 13.9 Å². The number of benzene rings is 3. The summed E-state index contributed by atoms with van der Waals surface area (Å²) < 4.78 is 34.7. The van der Waals surface area contributed by atoms with Crippen LogP contribution in [0.15, 0.2) is 71.6 Å². The van der Waals surface area contributed by atoms with E-state index in [0.29, 0.717) is 17.3 Å². The summed E-state index contributed by atoms with van der Waals surface area (Å²) in [7, 11) is -2.76. The average Bonchev–Trinajstić information content (AvgIpc) is 2.93. The monoisotopic (exact) mass is 599 g/mol. The second-order valence-electron chi connectivity index (χ2n) is 10.5. The summed E-state index contributed by atoms with van der Waals surface area (Å²) in [6.07, 6.45) is 0. The molecule has 0 heterocycles.